The van der Waals surface area contributed by atoms with Crippen molar-refractivity contribution in [1.29, 1.82) is 0 Å². The van der Waals surface area contributed by atoms with Gasteiger partial charge in [-0.25, -0.2) is 29.7 Å². The molecule has 1 aliphatic carbocycles. The topological polar surface area (TPSA) is 107 Å². The van der Waals surface area contributed by atoms with Crippen molar-refractivity contribution in [2.45, 2.75) is 52.0 Å². The largest absolute Gasteiger partial charge is 0.478 e. The summed E-state index contributed by atoms with van der Waals surface area (Å²) in [5.41, 5.74) is 6.96. The number of aromatic nitrogens is 6. The highest BCUT2D eigenvalue weighted by Gasteiger charge is 2.28. The minimum absolute atomic E-state index is 0.244. The number of aromatic carboxylic acids is 1. The second-order valence-corrected chi connectivity index (χ2v) is 10.7. The first-order valence-electron chi connectivity index (χ1n) is 13.7. The molecule has 0 atom stereocenters. The van der Waals surface area contributed by atoms with Gasteiger partial charge in [0.15, 0.2) is 11.3 Å². The van der Waals surface area contributed by atoms with E-state index in [0.29, 0.717) is 33.5 Å². The molecule has 7 rings (SSSR count). The molecule has 0 spiro atoms. The minimum atomic E-state index is -0.983. The van der Waals surface area contributed by atoms with Crippen molar-refractivity contribution in [3.05, 3.63) is 77.9 Å². The number of carboxylic acid groups (broad SMARTS) is 1. The van der Waals surface area contributed by atoms with Gasteiger partial charge in [-0.2, -0.15) is 0 Å². The Labute approximate surface area is 230 Å². The number of hydrogen-bond acceptors (Lipinski definition) is 6. The number of carboxylic acids is 1. The van der Waals surface area contributed by atoms with Gasteiger partial charge in [0.1, 0.15) is 5.82 Å². The molecule has 8 nitrogen and oxygen atoms in total. The van der Waals surface area contributed by atoms with Crippen molar-refractivity contribution >= 4 is 39.1 Å². The van der Waals surface area contributed by atoms with Crippen molar-refractivity contribution in [3.8, 4) is 22.5 Å². The summed E-state index contributed by atoms with van der Waals surface area (Å²) < 4.78 is 2.33. The first kappa shape index (κ1) is 24.3. The van der Waals surface area contributed by atoms with E-state index in [1.165, 1.54) is 6.42 Å². The monoisotopic (exact) mass is 528 g/mol. The lowest BCUT2D eigenvalue weighted by Gasteiger charge is -2.26. The maximum Gasteiger partial charge on any atom is 0.336 e. The van der Waals surface area contributed by atoms with E-state index in [-0.39, 0.29) is 11.6 Å². The third-order valence-corrected chi connectivity index (χ3v) is 8.02. The van der Waals surface area contributed by atoms with Gasteiger partial charge in [0.05, 0.1) is 16.6 Å². The Morgan fingerprint density at radius 2 is 1.62 bits per heavy atom. The molecule has 5 aromatic heterocycles. The Morgan fingerprint density at radius 1 is 0.875 bits per heavy atom. The van der Waals surface area contributed by atoms with Crippen molar-refractivity contribution < 1.29 is 9.90 Å². The molecule has 198 valence electrons. The summed E-state index contributed by atoms with van der Waals surface area (Å²) in [5.74, 6) is -0.182. The van der Waals surface area contributed by atoms with Gasteiger partial charge in [0.25, 0.3) is 0 Å². The predicted octanol–water partition coefficient (Wildman–Crippen LogP) is 7.08. The van der Waals surface area contributed by atoms with Gasteiger partial charge in [-0.05, 0) is 74.7 Å². The number of pyridine rings is 4. The highest BCUT2D eigenvalue weighted by Crippen LogP contribution is 2.41. The summed E-state index contributed by atoms with van der Waals surface area (Å²) in [7, 11) is 0. The molecule has 0 amide bonds. The van der Waals surface area contributed by atoms with Gasteiger partial charge in [0, 0.05) is 57.8 Å². The van der Waals surface area contributed by atoms with Crippen LogP contribution in [0.15, 0.2) is 61.1 Å². The average Bonchev–Trinajstić information content (AvgIpc) is 3.35. The van der Waals surface area contributed by atoms with Crippen LogP contribution in [0.2, 0.25) is 0 Å². The van der Waals surface area contributed by atoms with E-state index >= 15 is 0 Å². The third-order valence-electron chi connectivity index (χ3n) is 8.02. The number of nitrogens with zero attached hydrogens (tertiary/aromatic N) is 6. The first-order chi connectivity index (χ1) is 19.5. The summed E-state index contributed by atoms with van der Waals surface area (Å²) in [6.45, 7) is 3.82. The lowest BCUT2D eigenvalue weighted by molar-refractivity contribution is 0.0697. The molecule has 1 saturated carbocycles. The molecule has 0 radical (unpaired) electrons. The predicted molar refractivity (Wildman–Crippen MR) is 155 cm³/mol. The molecule has 40 heavy (non-hydrogen) atoms. The van der Waals surface area contributed by atoms with Crippen LogP contribution in [0.5, 0.6) is 0 Å². The van der Waals surface area contributed by atoms with E-state index in [1.807, 2.05) is 56.4 Å². The van der Waals surface area contributed by atoms with Gasteiger partial charge in [-0.3, -0.25) is 0 Å². The van der Waals surface area contributed by atoms with Crippen LogP contribution < -0.4 is 0 Å². The zero-order chi connectivity index (χ0) is 27.4. The molecule has 0 bridgehead atoms. The van der Waals surface area contributed by atoms with Crippen molar-refractivity contribution in [2.24, 2.45) is 0 Å². The van der Waals surface area contributed by atoms with E-state index < -0.39 is 5.97 Å². The van der Waals surface area contributed by atoms with Crippen LogP contribution in [0.25, 0.3) is 55.6 Å². The number of benzene rings is 1. The Morgan fingerprint density at radius 3 is 2.45 bits per heavy atom. The Kier molecular flexibility index (Phi) is 5.77. The fourth-order valence-electron chi connectivity index (χ4n) is 6.16. The van der Waals surface area contributed by atoms with Gasteiger partial charge >= 0.3 is 5.97 Å². The van der Waals surface area contributed by atoms with E-state index in [2.05, 4.69) is 30.6 Å². The highest BCUT2D eigenvalue weighted by atomic mass is 16.4. The molecular formula is C32H28N6O2. The van der Waals surface area contributed by atoms with Crippen LogP contribution in [-0.4, -0.2) is 40.6 Å². The fourth-order valence-corrected chi connectivity index (χ4v) is 6.16. The second kappa shape index (κ2) is 9.48. The molecule has 1 fully saturated rings. The average molecular weight is 529 g/mol. The Balaban J connectivity index is 1.55. The third kappa shape index (κ3) is 3.99. The van der Waals surface area contributed by atoms with Crippen LogP contribution in [0.4, 0.5) is 0 Å². The zero-order valence-electron chi connectivity index (χ0n) is 22.4. The van der Waals surface area contributed by atoms with Crippen LogP contribution >= 0.6 is 0 Å². The molecule has 1 aliphatic rings. The van der Waals surface area contributed by atoms with Gasteiger partial charge in [-0.1, -0.05) is 19.3 Å². The Hall–Kier alpha value is -4.72. The van der Waals surface area contributed by atoms with E-state index in [9.17, 15) is 9.90 Å². The lowest BCUT2D eigenvalue weighted by atomic mass is 9.93. The fraction of sp³-hybridized carbons (Fsp3) is 0.250. The number of fused-ring (bicyclic) bond motifs is 3. The molecule has 6 aromatic rings. The van der Waals surface area contributed by atoms with Gasteiger partial charge in [0.2, 0.25) is 0 Å². The van der Waals surface area contributed by atoms with Crippen LogP contribution in [-0.2, 0) is 0 Å². The number of hydrogen-bond donors (Lipinski definition) is 1. The van der Waals surface area contributed by atoms with E-state index in [4.69, 9.17) is 4.98 Å². The maximum atomic E-state index is 12.7. The number of rotatable bonds is 4. The SMILES string of the molecule is Cc1ccc2cc(-c3nc4c(-c5cnc6ncccc6c5)c(C(=O)O)c(C)cc4n3C3CCCCC3)cnc2n1. The first-order valence-corrected chi connectivity index (χ1v) is 13.7. The smallest absolute Gasteiger partial charge is 0.336 e. The number of imidazole rings is 1. The summed E-state index contributed by atoms with van der Waals surface area (Å²) in [6.07, 6.45) is 10.9. The Bertz CT molecular complexity index is 1960. The number of aryl methyl sites for hydroxylation is 2. The second-order valence-electron chi connectivity index (χ2n) is 10.7. The molecule has 0 aliphatic heterocycles. The van der Waals surface area contributed by atoms with Crippen LogP contribution in [0.1, 0.15) is 59.8 Å². The quantitative estimate of drug-likeness (QED) is 0.261. The normalized spacial score (nSPS) is 14.3. The molecule has 0 saturated heterocycles. The standard InChI is InChI=1S/C32H28N6O2/c1-18-13-25-28(27(26(18)32(39)40)22-14-20-7-6-12-33-29(20)34-16-22)37-31(38(25)24-8-4-3-5-9-24)23-15-21-11-10-19(2)36-30(21)35-17-23/h6-7,10-17,24H,3-5,8-9H2,1-2H3,(H,39,40). The summed E-state index contributed by atoms with van der Waals surface area (Å²) in [4.78, 5) is 36.0. The van der Waals surface area contributed by atoms with Gasteiger partial charge < -0.3 is 9.67 Å². The molecule has 0 unspecified atom stereocenters. The van der Waals surface area contributed by atoms with Crippen molar-refractivity contribution in [3.63, 3.8) is 0 Å². The molecule has 1 aromatic carbocycles. The zero-order valence-corrected chi connectivity index (χ0v) is 22.4. The molecule has 1 N–H and O–H groups in total. The van der Waals surface area contributed by atoms with Crippen molar-refractivity contribution in [1.82, 2.24) is 29.5 Å². The highest BCUT2D eigenvalue weighted by molar-refractivity contribution is 6.08. The van der Waals surface area contributed by atoms with E-state index in [1.54, 1.807) is 12.4 Å². The summed E-state index contributed by atoms with van der Waals surface area (Å²) in [5, 5.41) is 12.2. The molecule has 5 heterocycles. The van der Waals surface area contributed by atoms with Crippen LogP contribution in [0.3, 0.4) is 0 Å². The maximum absolute atomic E-state index is 12.7. The van der Waals surface area contributed by atoms with Crippen molar-refractivity contribution in [2.75, 3.05) is 0 Å². The molecular weight excluding hydrogens is 500 g/mol. The van der Waals surface area contributed by atoms with Crippen LogP contribution in [0, 0.1) is 13.8 Å². The summed E-state index contributed by atoms with van der Waals surface area (Å²) in [6, 6.07) is 14.1. The minimum Gasteiger partial charge on any atom is -0.478 e. The lowest BCUT2D eigenvalue weighted by Crippen LogP contribution is -2.14. The van der Waals surface area contributed by atoms with E-state index in [0.717, 1.165) is 59.1 Å². The number of carbonyl (C=O) groups is 1. The van der Waals surface area contributed by atoms with Gasteiger partial charge in [-0.15, -0.1) is 0 Å². The molecule has 8 heteroatoms. The summed E-state index contributed by atoms with van der Waals surface area (Å²) >= 11 is 0.